The second-order valence-electron chi connectivity index (χ2n) is 7.06. The van der Waals surface area contributed by atoms with Crippen molar-refractivity contribution < 1.29 is 9.53 Å². The molecule has 2 saturated heterocycles. The average molecular weight is 316 g/mol. The normalized spacial score (nSPS) is 24.5. The number of benzene rings is 1. The van der Waals surface area contributed by atoms with Gasteiger partial charge < -0.3 is 15.0 Å². The van der Waals surface area contributed by atoms with Crippen molar-refractivity contribution in [2.24, 2.45) is 0 Å². The maximum atomic E-state index is 11.8. The molecule has 1 amide bonds. The maximum Gasteiger partial charge on any atom is 0.217 e. The quantitative estimate of drug-likeness (QED) is 0.928. The highest BCUT2D eigenvalue weighted by Gasteiger charge is 2.37. The first-order valence-electron chi connectivity index (χ1n) is 8.77. The molecule has 2 aliphatic rings. The Hall–Kier alpha value is -1.39. The zero-order valence-electron chi connectivity index (χ0n) is 14.3. The van der Waals surface area contributed by atoms with Crippen LogP contribution in [0.3, 0.4) is 0 Å². The molecule has 126 valence electrons. The van der Waals surface area contributed by atoms with E-state index in [4.69, 9.17) is 4.74 Å². The molecule has 4 nitrogen and oxygen atoms in total. The van der Waals surface area contributed by atoms with Crippen LogP contribution in [0.5, 0.6) is 0 Å². The Bertz CT molecular complexity index is 527. The lowest BCUT2D eigenvalue weighted by molar-refractivity contribution is -0.121. The molecule has 0 saturated carbocycles. The molecule has 1 unspecified atom stereocenters. The first-order valence-corrected chi connectivity index (χ1v) is 8.77. The van der Waals surface area contributed by atoms with E-state index in [0.717, 1.165) is 39.1 Å². The van der Waals surface area contributed by atoms with Gasteiger partial charge in [-0.05, 0) is 38.2 Å². The van der Waals surface area contributed by atoms with Crippen LogP contribution in [0.1, 0.15) is 43.7 Å². The molecule has 0 bridgehead atoms. The fourth-order valence-electron chi connectivity index (χ4n) is 3.89. The number of rotatable bonds is 4. The average Bonchev–Trinajstić information content (AvgIpc) is 3.02. The lowest BCUT2D eigenvalue weighted by Crippen LogP contribution is -2.53. The summed E-state index contributed by atoms with van der Waals surface area (Å²) in [5, 5.41) is 3.25. The van der Waals surface area contributed by atoms with Crippen LogP contribution in [0.4, 0.5) is 0 Å². The highest BCUT2D eigenvalue weighted by atomic mass is 16.5. The van der Waals surface area contributed by atoms with E-state index in [2.05, 4.69) is 41.4 Å². The van der Waals surface area contributed by atoms with Gasteiger partial charge >= 0.3 is 0 Å². The van der Waals surface area contributed by atoms with Gasteiger partial charge in [-0.3, -0.25) is 4.79 Å². The van der Waals surface area contributed by atoms with Gasteiger partial charge in [0.05, 0.1) is 11.6 Å². The summed E-state index contributed by atoms with van der Waals surface area (Å²) >= 11 is 0. The maximum absolute atomic E-state index is 11.8. The summed E-state index contributed by atoms with van der Waals surface area (Å²) in [6.07, 6.45) is 4.70. The number of piperidine rings is 1. The minimum absolute atomic E-state index is 0.0538. The number of ether oxygens (including phenoxy) is 1. The van der Waals surface area contributed by atoms with E-state index in [9.17, 15) is 4.79 Å². The number of aryl methyl sites for hydroxylation is 1. The van der Waals surface area contributed by atoms with Gasteiger partial charge in [0.1, 0.15) is 0 Å². The summed E-state index contributed by atoms with van der Waals surface area (Å²) in [6.45, 7) is 7.68. The fourth-order valence-corrected chi connectivity index (χ4v) is 3.89. The third-order valence-corrected chi connectivity index (χ3v) is 5.21. The van der Waals surface area contributed by atoms with Crippen LogP contribution in [-0.4, -0.2) is 43.2 Å². The Morgan fingerprint density at radius 1 is 1.30 bits per heavy atom. The Labute approximate surface area is 139 Å². The summed E-state index contributed by atoms with van der Waals surface area (Å²) in [7, 11) is 0. The number of amides is 1. The summed E-state index contributed by atoms with van der Waals surface area (Å²) < 4.78 is 5.76. The Kier molecular flexibility index (Phi) is 5.02. The molecule has 0 spiro atoms. The van der Waals surface area contributed by atoms with Gasteiger partial charge in [0.25, 0.3) is 0 Å². The second kappa shape index (κ2) is 7.02. The molecule has 4 heteroatoms. The highest BCUT2D eigenvalue weighted by Crippen LogP contribution is 2.33. The summed E-state index contributed by atoms with van der Waals surface area (Å²) in [5.74, 6) is 0.0538. The lowest BCUT2D eigenvalue weighted by atomic mass is 9.80. The van der Waals surface area contributed by atoms with Crippen LogP contribution in [-0.2, 0) is 15.1 Å². The molecule has 1 N–H and O–H groups in total. The summed E-state index contributed by atoms with van der Waals surface area (Å²) in [4.78, 5) is 14.3. The summed E-state index contributed by atoms with van der Waals surface area (Å²) in [5.41, 5.74) is 2.27. The Morgan fingerprint density at radius 3 is 2.57 bits per heavy atom. The van der Waals surface area contributed by atoms with Gasteiger partial charge in [-0.25, -0.2) is 0 Å². The number of nitrogens with one attached hydrogen (secondary N) is 1. The minimum atomic E-state index is -0.216. The SMILES string of the molecule is CC(=O)NC1(c2ccc(C)cc2)CCN(CC2CCCO2)CC1. The van der Waals surface area contributed by atoms with E-state index in [1.807, 2.05) is 0 Å². The first kappa shape index (κ1) is 16.5. The summed E-state index contributed by atoms with van der Waals surface area (Å²) in [6, 6.07) is 8.61. The van der Waals surface area contributed by atoms with Crippen molar-refractivity contribution >= 4 is 5.91 Å². The van der Waals surface area contributed by atoms with Gasteiger partial charge in [-0.2, -0.15) is 0 Å². The molecule has 0 radical (unpaired) electrons. The monoisotopic (exact) mass is 316 g/mol. The van der Waals surface area contributed by atoms with E-state index >= 15 is 0 Å². The molecule has 2 heterocycles. The van der Waals surface area contributed by atoms with Gasteiger partial charge in [0, 0.05) is 33.2 Å². The number of carbonyl (C=O) groups excluding carboxylic acids is 1. The van der Waals surface area contributed by atoms with Crippen molar-refractivity contribution in [1.29, 1.82) is 0 Å². The lowest BCUT2D eigenvalue weighted by Gasteiger charge is -2.43. The molecule has 3 rings (SSSR count). The molecule has 23 heavy (non-hydrogen) atoms. The zero-order valence-corrected chi connectivity index (χ0v) is 14.3. The van der Waals surface area contributed by atoms with E-state index < -0.39 is 0 Å². The second-order valence-corrected chi connectivity index (χ2v) is 7.06. The van der Waals surface area contributed by atoms with Crippen LogP contribution in [0.2, 0.25) is 0 Å². The molecule has 1 aromatic carbocycles. The van der Waals surface area contributed by atoms with Crippen molar-refractivity contribution in [1.82, 2.24) is 10.2 Å². The van der Waals surface area contributed by atoms with E-state index in [1.165, 1.54) is 24.0 Å². The highest BCUT2D eigenvalue weighted by molar-refractivity contribution is 5.74. The fraction of sp³-hybridized carbons (Fsp3) is 0.632. The molecule has 1 aromatic rings. The van der Waals surface area contributed by atoms with E-state index in [-0.39, 0.29) is 11.4 Å². The molecular weight excluding hydrogens is 288 g/mol. The van der Waals surface area contributed by atoms with Crippen LogP contribution in [0.25, 0.3) is 0 Å². The van der Waals surface area contributed by atoms with Crippen LogP contribution >= 0.6 is 0 Å². The van der Waals surface area contributed by atoms with Crippen molar-refractivity contribution in [2.75, 3.05) is 26.2 Å². The largest absolute Gasteiger partial charge is 0.377 e. The van der Waals surface area contributed by atoms with Gasteiger partial charge in [-0.1, -0.05) is 29.8 Å². The standard InChI is InChI=1S/C19H28N2O2/c1-15-5-7-17(8-6-15)19(20-16(2)22)9-11-21(12-10-19)14-18-4-3-13-23-18/h5-8,18H,3-4,9-14H2,1-2H3,(H,20,22). The number of hydrogen-bond donors (Lipinski definition) is 1. The topological polar surface area (TPSA) is 41.6 Å². The Balaban J connectivity index is 1.69. The van der Waals surface area contributed by atoms with Crippen LogP contribution in [0, 0.1) is 6.92 Å². The van der Waals surface area contributed by atoms with Crippen molar-refractivity contribution in [3.8, 4) is 0 Å². The molecule has 0 aromatic heterocycles. The van der Waals surface area contributed by atoms with E-state index in [0.29, 0.717) is 6.10 Å². The Morgan fingerprint density at radius 2 is 2.00 bits per heavy atom. The molecule has 0 aliphatic carbocycles. The number of hydrogen-bond acceptors (Lipinski definition) is 3. The molecule has 1 atom stereocenters. The van der Waals surface area contributed by atoms with Gasteiger partial charge in [0.15, 0.2) is 0 Å². The molecule has 2 fully saturated rings. The molecule has 2 aliphatic heterocycles. The third-order valence-electron chi connectivity index (χ3n) is 5.21. The minimum Gasteiger partial charge on any atom is -0.377 e. The molecular formula is C19H28N2O2. The zero-order chi connectivity index (χ0) is 16.3. The third kappa shape index (κ3) is 3.93. The van der Waals surface area contributed by atoms with Gasteiger partial charge in [-0.15, -0.1) is 0 Å². The number of carbonyl (C=O) groups is 1. The number of nitrogens with zero attached hydrogens (tertiary/aromatic N) is 1. The first-order chi connectivity index (χ1) is 11.1. The van der Waals surface area contributed by atoms with Gasteiger partial charge in [0.2, 0.25) is 5.91 Å². The van der Waals surface area contributed by atoms with E-state index in [1.54, 1.807) is 6.92 Å². The van der Waals surface area contributed by atoms with Crippen molar-refractivity contribution in [2.45, 2.75) is 51.2 Å². The van der Waals surface area contributed by atoms with Crippen LogP contribution < -0.4 is 5.32 Å². The van der Waals surface area contributed by atoms with Crippen molar-refractivity contribution in [3.05, 3.63) is 35.4 Å². The predicted octanol–water partition coefficient (Wildman–Crippen LogP) is 2.60. The number of likely N-dealkylation sites (tertiary alicyclic amines) is 1. The van der Waals surface area contributed by atoms with Crippen molar-refractivity contribution in [3.63, 3.8) is 0 Å². The predicted molar refractivity (Wildman–Crippen MR) is 91.3 cm³/mol. The van der Waals surface area contributed by atoms with Crippen LogP contribution in [0.15, 0.2) is 24.3 Å². The smallest absolute Gasteiger partial charge is 0.217 e.